The van der Waals surface area contributed by atoms with E-state index in [1.807, 2.05) is 14.1 Å². The summed E-state index contributed by atoms with van der Waals surface area (Å²) < 4.78 is 36.7. The van der Waals surface area contributed by atoms with Gasteiger partial charge in [0.05, 0.1) is 0 Å². The quantitative estimate of drug-likeness (QED) is 0.765. The number of rotatable bonds is 7. The van der Waals surface area contributed by atoms with E-state index in [0.29, 0.717) is 6.54 Å². The highest BCUT2D eigenvalue weighted by molar-refractivity contribution is 8.00. The Bertz CT molecular complexity index is 428. The molecule has 1 aromatic carbocycles. The molecule has 0 saturated carbocycles. The highest BCUT2D eigenvalue weighted by Gasteiger charge is 2.29. The molecule has 0 bridgehead atoms. The summed E-state index contributed by atoms with van der Waals surface area (Å²) in [4.78, 5) is 2.37. The van der Waals surface area contributed by atoms with Crippen molar-refractivity contribution in [3.05, 3.63) is 29.8 Å². The SMILES string of the molecule is CN(C)CC(C)(C)CNCc1ccc(SC(F)(F)F)cc1. The van der Waals surface area contributed by atoms with Crippen LogP contribution in [0.3, 0.4) is 0 Å². The molecule has 0 amide bonds. The Labute approximate surface area is 129 Å². The second kappa shape index (κ2) is 7.51. The van der Waals surface area contributed by atoms with Gasteiger partial charge in [-0.25, -0.2) is 0 Å². The molecule has 0 aromatic heterocycles. The van der Waals surface area contributed by atoms with Crippen LogP contribution in [0.5, 0.6) is 0 Å². The van der Waals surface area contributed by atoms with Crippen molar-refractivity contribution in [2.45, 2.75) is 30.8 Å². The topological polar surface area (TPSA) is 15.3 Å². The predicted octanol–water partition coefficient (Wildman–Crippen LogP) is 3.98. The van der Waals surface area contributed by atoms with E-state index in [0.717, 1.165) is 18.7 Å². The first-order chi connectivity index (χ1) is 9.57. The first-order valence-corrected chi connectivity index (χ1v) is 7.59. The van der Waals surface area contributed by atoms with Gasteiger partial charge in [-0.05, 0) is 49.0 Å². The second-order valence-corrected chi connectivity index (χ2v) is 7.34. The fourth-order valence-electron chi connectivity index (χ4n) is 2.27. The van der Waals surface area contributed by atoms with Crippen LogP contribution < -0.4 is 5.32 Å². The van der Waals surface area contributed by atoms with Gasteiger partial charge in [0.1, 0.15) is 0 Å². The van der Waals surface area contributed by atoms with Gasteiger partial charge in [0.2, 0.25) is 0 Å². The highest BCUT2D eigenvalue weighted by Crippen LogP contribution is 2.36. The maximum absolute atomic E-state index is 12.2. The summed E-state index contributed by atoms with van der Waals surface area (Å²) in [5.41, 5.74) is -3.09. The molecule has 0 spiro atoms. The second-order valence-electron chi connectivity index (χ2n) is 6.20. The molecule has 2 nitrogen and oxygen atoms in total. The monoisotopic (exact) mass is 320 g/mol. The Morgan fingerprint density at radius 1 is 1.10 bits per heavy atom. The Morgan fingerprint density at radius 3 is 2.14 bits per heavy atom. The summed E-state index contributed by atoms with van der Waals surface area (Å²) in [5.74, 6) is 0. The zero-order valence-electron chi connectivity index (χ0n) is 12.9. The van der Waals surface area contributed by atoms with Crippen LogP contribution in [-0.2, 0) is 6.54 Å². The van der Waals surface area contributed by atoms with Crippen molar-refractivity contribution in [1.29, 1.82) is 0 Å². The van der Waals surface area contributed by atoms with Crippen molar-refractivity contribution >= 4 is 11.8 Å². The lowest BCUT2D eigenvalue weighted by molar-refractivity contribution is -0.0328. The average Bonchev–Trinajstić information content (AvgIpc) is 2.27. The number of benzene rings is 1. The van der Waals surface area contributed by atoms with Crippen molar-refractivity contribution in [3.63, 3.8) is 0 Å². The Balaban J connectivity index is 2.43. The van der Waals surface area contributed by atoms with Crippen LogP contribution in [0.4, 0.5) is 13.2 Å². The zero-order valence-corrected chi connectivity index (χ0v) is 13.7. The first kappa shape index (κ1) is 18.3. The summed E-state index contributed by atoms with van der Waals surface area (Å²) in [6.45, 7) is 6.85. The number of alkyl halides is 3. The molecule has 0 aliphatic rings. The molecule has 0 aliphatic heterocycles. The van der Waals surface area contributed by atoms with Gasteiger partial charge in [0.15, 0.2) is 0 Å². The number of thioether (sulfide) groups is 1. The minimum absolute atomic E-state index is 0.0816. The Kier molecular flexibility index (Phi) is 6.56. The lowest BCUT2D eigenvalue weighted by Gasteiger charge is -2.28. The smallest absolute Gasteiger partial charge is 0.312 e. The van der Waals surface area contributed by atoms with Crippen LogP contribution >= 0.6 is 11.8 Å². The van der Waals surface area contributed by atoms with Crippen LogP contribution in [-0.4, -0.2) is 37.6 Å². The third-order valence-electron chi connectivity index (χ3n) is 2.83. The Morgan fingerprint density at radius 2 is 1.67 bits per heavy atom. The van der Waals surface area contributed by atoms with Crippen LogP contribution in [0, 0.1) is 5.41 Å². The fourth-order valence-corrected chi connectivity index (χ4v) is 2.81. The van der Waals surface area contributed by atoms with Crippen molar-refractivity contribution in [2.75, 3.05) is 27.2 Å². The van der Waals surface area contributed by atoms with E-state index in [1.54, 1.807) is 12.1 Å². The standard InChI is InChI=1S/C15H23F3N2S/c1-14(2,11-20(3)4)10-19-9-12-5-7-13(8-6-12)21-15(16,17)18/h5-8,19H,9-11H2,1-4H3. The van der Waals surface area contributed by atoms with E-state index in [4.69, 9.17) is 0 Å². The van der Waals surface area contributed by atoms with Crippen molar-refractivity contribution in [3.8, 4) is 0 Å². The molecule has 120 valence electrons. The summed E-state index contributed by atoms with van der Waals surface area (Å²) in [7, 11) is 4.08. The fraction of sp³-hybridized carbons (Fsp3) is 0.600. The lowest BCUT2D eigenvalue weighted by atomic mass is 9.93. The third-order valence-corrected chi connectivity index (χ3v) is 3.57. The van der Waals surface area contributed by atoms with E-state index in [-0.39, 0.29) is 22.1 Å². The molecule has 1 rings (SSSR count). The van der Waals surface area contributed by atoms with Crippen LogP contribution in [0.25, 0.3) is 0 Å². The average molecular weight is 320 g/mol. The molecule has 0 radical (unpaired) electrons. The van der Waals surface area contributed by atoms with Gasteiger partial charge in [-0.3, -0.25) is 0 Å². The molecule has 0 unspecified atom stereocenters. The molecular formula is C15H23F3N2S. The summed E-state index contributed by atoms with van der Waals surface area (Å²) in [6, 6.07) is 6.50. The number of hydrogen-bond donors (Lipinski definition) is 1. The largest absolute Gasteiger partial charge is 0.446 e. The molecule has 21 heavy (non-hydrogen) atoms. The summed E-state index contributed by atoms with van der Waals surface area (Å²) >= 11 is -0.0816. The molecule has 1 N–H and O–H groups in total. The van der Waals surface area contributed by atoms with Gasteiger partial charge in [-0.15, -0.1) is 0 Å². The van der Waals surface area contributed by atoms with Crippen LogP contribution in [0.15, 0.2) is 29.2 Å². The van der Waals surface area contributed by atoms with Crippen LogP contribution in [0.2, 0.25) is 0 Å². The van der Waals surface area contributed by atoms with Gasteiger partial charge in [0.25, 0.3) is 0 Å². The van der Waals surface area contributed by atoms with E-state index in [2.05, 4.69) is 24.1 Å². The maximum atomic E-state index is 12.2. The van der Waals surface area contributed by atoms with Gasteiger partial charge in [-0.2, -0.15) is 13.2 Å². The first-order valence-electron chi connectivity index (χ1n) is 6.77. The molecule has 0 fully saturated rings. The molecular weight excluding hydrogens is 297 g/mol. The van der Waals surface area contributed by atoms with Gasteiger partial charge >= 0.3 is 5.51 Å². The van der Waals surface area contributed by atoms with E-state index in [1.165, 1.54) is 12.1 Å². The predicted molar refractivity (Wildman–Crippen MR) is 82.4 cm³/mol. The van der Waals surface area contributed by atoms with Crippen LogP contribution in [0.1, 0.15) is 19.4 Å². The van der Waals surface area contributed by atoms with Gasteiger partial charge in [-0.1, -0.05) is 26.0 Å². The molecule has 6 heteroatoms. The van der Waals surface area contributed by atoms with Crippen molar-refractivity contribution in [1.82, 2.24) is 10.2 Å². The van der Waals surface area contributed by atoms with Gasteiger partial charge in [0, 0.05) is 24.5 Å². The molecule has 1 aromatic rings. The lowest BCUT2D eigenvalue weighted by Crippen LogP contribution is -2.37. The van der Waals surface area contributed by atoms with E-state index < -0.39 is 5.51 Å². The number of nitrogens with zero attached hydrogens (tertiary/aromatic N) is 1. The number of nitrogens with one attached hydrogen (secondary N) is 1. The van der Waals surface area contributed by atoms with Crippen molar-refractivity contribution < 1.29 is 13.2 Å². The summed E-state index contributed by atoms with van der Waals surface area (Å²) in [5, 5.41) is 3.36. The molecule has 0 heterocycles. The zero-order chi connectivity index (χ0) is 16.1. The number of halogens is 3. The molecule has 0 aliphatic carbocycles. The Hall–Kier alpha value is -0.720. The van der Waals surface area contributed by atoms with Crippen molar-refractivity contribution in [2.24, 2.45) is 5.41 Å². The normalized spacial score (nSPS) is 13.0. The number of hydrogen-bond acceptors (Lipinski definition) is 3. The third kappa shape index (κ3) is 8.34. The minimum Gasteiger partial charge on any atom is -0.312 e. The van der Waals surface area contributed by atoms with E-state index >= 15 is 0 Å². The highest BCUT2D eigenvalue weighted by atomic mass is 32.2. The summed E-state index contributed by atoms with van der Waals surface area (Å²) in [6.07, 6.45) is 0. The van der Waals surface area contributed by atoms with Gasteiger partial charge < -0.3 is 10.2 Å². The van der Waals surface area contributed by atoms with E-state index in [9.17, 15) is 13.2 Å². The maximum Gasteiger partial charge on any atom is 0.446 e. The molecule has 0 atom stereocenters. The minimum atomic E-state index is -4.23. The molecule has 0 saturated heterocycles.